The number of carboxylic acids is 1. The number of carbonyl (C=O) groups is 2. The molecule has 1 amide bonds. The molecule has 7 nitrogen and oxygen atoms in total. The molecule has 128 valence electrons. The summed E-state index contributed by atoms with van der Waals surface area (Å²) in [5.41, 5.74) is 0.629. The van der Waals surface area contributed by atoms with Gasteiger partial charge in [-0.15, -0.1) is 0 Å². The highest BCUT2D eigenvalue weighted by molar-refractivity contribution is 6.01. The molecule has 0 spiro atoms. The first kappa shape index (κ1) is 19.2. The average Bonchev–Trinajstić information content (AvgIpc) is 2.58. The molecule has 0 aromatic heterocycles. The number of carboxylic acid groups (broad SMARTS) is 1. The Morgan fingerprint density at radius 1 is 1.33 bits per heavy atom. The first-order valence-electron chi connectivity index (χ1n) is 7.49. The van der Waals surface area contributed by atoms with Gasteiger partial charge < -0.3 is 19.9 Å². The molecule has 1 aromatic carbocycles. The van der Waals surface area contributed by atoms with Crippen LogP contribution in [-0.4, -0.2) is 43.3 Å². The summed E-state index contributed by atoms with van der Waals surface area (Å²) in [5.74, 6) is -1.11. The van der Waals surface area contributed by atoms with Crippen LogP contribution in [0.25, 0.3) is 6.08 Å². The molecule has 0 heterocycles. The highest BCUT2D eigenvalue weighted by Crippen LogP contribution is 2.14. The second-order valence-electron chi connectivity index (χ2n) is 4.73. The molecular formula is C17H20N2O5. The Bertz CT molecular complexity index is 617. The third kappa shape index (κ3) is 7.42. The van der Waals surface area contributed by atoms with Crippen molar-refractivity contribution in [3.63, 3.8) is 0 Å². The maximum absolute atomic E-state index is 11.9. The summed E-state index contributed by atoms with van der Waals surface area (Å²) in [7, 11) is 0. The van der Waals surface area contributed by atoms with Gasteiger partial charge in [0.1, 0.15) is 17.4 Å². The van der Waals surface area contributed by atoms with Crippen LogP contribution >= 0.6 is 0 Å². The number of benzene rings is 1. The van der Waals surface area contributed by atoms with Crippen molar-refractivity contribution >= 4 is 18.0 Å². The Morgan fingerprint density at radius 3 is 2.62 bits per heavy atom. The van der Waals surface area contributed by atoms with E-state index >= 15 is 0 Å². The molecule has 0 aliphatic rings. The van der Waals surface area contributed by atoms with Crippen LogP contribution in [0.5, 0.6) is 5.75 Å². The molecule has 1 aromatic rings. The quantitative estimate of drug-likeness (QED) is 0.383. The van der Waals surface area contributed by atoms with Gasteiger partial charge in [0.05, 0.1) is 0 Å². The third-order valence-electron chi connectivity index (χ3n) is 2.87. The Kier molecular flexibility index (Phi) is 8.64. The van der Waals surface area contributed by atoms with Crippen molar-refractivity contribution in [2.75, 3.05) is 26.4 Å². The molecule has 0 aliphatic heterocycles. The monoisotopic (exact) mass is 332 g/mol. The zero-order valence-corrected chi connectivity index (χ0v) is 13.4. The normalized spacial score (nSPS) is 10.8. The molecule has 0 saturated carbocycles. The fourth-order valence-electron chi connectivity index (χ4n) is 1.74. The molecule has 1 rings (SSSR count). The Labute approximate surface area is 140 Å². The smallest absolute Gasteiger partial charge is 0.341 e. The van der Waals surface area contributed by atoms with Crippen LogP contribution in [-0.2, 0) is 14.3 Å². The highest BCUT2D eigenvalue weighted by atomic mass is 16.5. The molecule has 0 unspecified atom stereocenters. The van der Waals surface area contributed by atoms with Gasteiger partial charge in [0, 0.05) is 19.8 Å². The minimum absolute atomic E-state index is 0.00869. The van der Waals surface area contributed by atoms with E-state index in [1.54, 1.807) is 24.3 Å². The number of amides is 1. The molecule has 0 radical (unpaired) electrons. The molecule has 2 N–H and O–H groups in total. The molecule has 24 heavy (non-hydrogen) atoms. The van der Waals surface area contributed by atoms with Gasteiger partial charge in [-0.2, -0.15) is 5.26 Å². The number of hydrogen-bond acceptors (Lipinski definition) is 5. The Hall–Kier alpha value is -2.85. The minimum Gasteiger partial charge on any atom is -0.482 e. The van der Waals surface area contributed by atoms with Gasteiger partial charge in [-0.1, -0.05) is 12.1 Å². The first-order valence-corrected chi connectivity index (χ1v) is 7.49. The lowest BCUT2D eigenvalue weighted by Gasteiger charge is -2.05. The topological polar surface area (TPSA) is 109 Å². The number of ether oxygens (including phenoxy) is 2. The second kappa shape index (κ2) is 10.8. The van der Waals surface area contributed by atoms with Gasteiger partial charge in [0.25, 0.3) is 5.91 Å². The van der Waals surface area contributed by atoms with E-state index in [-0.39, 0.29) is 5.57 Å². The van der Waals surface area contributed by atoms with Crippen molar-refractivity contribution in [2.45, 2.75) is 13.3 Å². The molecular weight excluding hydrogens is 312 g/mol. The summed E-state index contributed by atoms with van der Waals surface area (Å²) in [6, 6.07) is 8.28. The van der Waals surface area contributed by atoms with Gasteiger partial charge in [0.15, 0.2) is 6.61 Å². The van der Waals surface area contributed by atoms with E-state index in [2.05, 4.69) is 5.32 Å². The number of hydrogen-bond donors (Lipinski definition) is 2. The van der Waals surface area contributed by atoms with Gasteiger partial charge >= 0.3 is 5.97 Å². The molecule has 7 heteroatoms. The molecule has 0 fully saturated rings. The van der Waals surface area contributed by atoms with Crippen molar-refractivity contribution in [1.29, 1.82) is 5.26 Å². The number of nitrogens with one attached hydrogen (secondary N) is 1. The van der Waals surface area contributed by atoms with E-state index in [1.807, 2.05) is 13.0 Å². The second-order valence-corrected chi connectivity index (χ2v) is 4.73. The summed E-state index contributed by atoms with van der Waals surface area (Å²) in [6.45, 7) is 3.08. The Balaban J connectivity index is 2.59. The zero-order chi connectivity index (χ0) is 17.8. The average molecular weight is 332 g/mol. The van der Waals surface area contributed by atoms with E-state index in [9.17, 15) is 9.59 Å². The number of aliphatic carboxylic acids is 1. The lowest BCUT2D eigenvalue weighted by Crippen LogP contribution is -2.26. The SMILES string of the molecule is CCOCCCNC(=O)/C(C#N)=C/c1ccc(OCC(=O)O)cc1. The van der Waals surface area contributed by atoms with Crippen LogP contribution in [0.15, 0.2) is 29.8 Å². The third-order valence-corrected chi connectivity index (χ3v) is 2.87. The van der Waals surface area contributed by atoms with Crippen molar-refractivity contribution < 1.29 is 24.2 Å². The summed E-state index contributed by atoms with van der Waals surface area (Å²) in [4.78, 5) is 22.3. The lowest BCUT2D eigenvalue weighted by atomic mass is 10.1. The lowest BCUT2D eigenvalue weighted by molar-refractivity contribution is -0.139. The van der Waals surface area contributed by atoms with Crippen molar-refractivity contribution in [2.24, 2.45) is 0 Å². The summed E-state index contributed by atoms with van der Waals surface area (Å²) in [5, 5.41) is 20.3. The molecule has 0 atom stereocenters. The van der Waals surface area contributed by atoms with E-state index in [0.29, 0.717) is 37.5 Å². The Morgan fingerprint density at radius 2 is 2.04 bits per heavy atom. The van der Waals surface area contributed by atoms with Gasteiger partial charge in [-0.05, 0) is 37.1 Å². The van der Waals surface area contributed by atoms with Crippen LogP contribution in [0.3, 0.4) is 0 Å². The van der Waals surface area contributed by atoms with Crippen molar-refractivity contribution in [3.05, 3.63) is 35.4 Å². The number of carbonyl (C=O) groups excluding carboxylic acids is 1. The van der Waals surface area contributed by atoms with E-state index < -0.39 is 18.5 Å². The van der Waals surface area contributed by atoms with Gasteiger partial charge in [-0.3, -0.25) is 4.79 Å². The van der Waals surface area contributed by atoms with Crippen LogP contribution in [0, 0.1) is 11.3 Å². The van der Waals surface area contributed by atoms with Crippen LogP contribution < -0.4 is 10.1 Å². The molecule has 0 bridgehead atoms. The van der Waals surface area contributed by atoms with Gasteiger partial charge in [0.2, 0.25) is 0 Å². The van der Waals surface area contributed by atoms with Gasteiger partial charge in [-0.25, -0.2) is 4.79 Å². The number of rotatable bonds is 10. The maximum atomic E-state index is 11.9. The van der Waals surface area contributed by atoms with Crippen molar-refractivity contribution in [3.8, 4) is 11.8 Å². The fraction of sp³-hybridized carbons (Fsp3) is 0.353. The minimum atomic E-state index is -1.06. The highest BCUT2D eigenvalue weighted by Gasteiger charge is 2.08. The van der Waals surface area contributed by atoms with Crippen LogP contribution in [0.2, 0.25) is 0 Å². The molecule has 0 saturated heterocycles. The summed E-state index contributed by atoms with van der Waals surface area (Å²) < 4.78 is 10.2. The van der Waals surface area contributed by atoms with E-state index in [4.69, 9.17) is 19.8 Å². The predicted molar refractivity (Wildman–Crippen MR) is 87.3 cm³/mol. The van der Waals surface area contributed by atoms with E-state index in [1.165, 1.54) is 6.08 Å². The first-order chi connectivity index (χ1) is 11.6. The fourth-order valence-corrected chi connectivity index (χ4v) is 1.74. The maximum Gasteiger partial charge on any atom is 0.341 e. The van der Waals surface area contributed by atoms with Crippen LogP contribution in [0.1, 0.15) is 18.9 Å². The standard InChI is InChI=1S/C17H20N2O5/c1-2-23-9-3-8-19-17(22)14(11-18)10-13-4-6-15(7-5-13)24-12-16(20)21/h4-7,10H,2-3,8-9,12H2,1H3,(H,19,22)(H,20,21)/b14-10+. The summed E-state index contributed by atoms with van der Waals surface area (Å²) in [6.07, 6.45) is 2.13. The number of nitrogens with zero attached hydrogens (tertiary/aromatic N) is 1. The van der Waals surface area contributed by atoms with Crippen molar-refractivity contribution in [1.82, 2.24) is 5.32 Å². The largest absolute Gasteiger partial charge is 0.482 e. The molecule has 0 aliphatic carbocycles. The van der Waals surface area contributed by atoms with Crippen LogP contribution in [0.4, 0.5) is 0 Å². The predicted octanol–water partition coefficient (Wildman–Crippen LogP) is 1.60. The summed E-state index contributed by atoms with van der Waals surface area (Å²) >= 11 is 0. The number of nitriles is 1. The van der Waals surface area contributed by atoms with E-state index in [0.717, 1.165) is 0 Å². The zero-order valence-electron chi connectivity index (χ0n) is 13.4.